The van der Waals surface area contributed by atoms with Crippen LogP contribution in [0, 0.1) is 0 Å². The molecule has 0 spiro atoms. The van der Waals surface area contributed by atoms with Crippen molar-refractivity contribution in [3.63, 3.8) is 0 Å². The molecule has 0 radical (unpaired) electrons. The highest BCUT2D eigenvalue weighted by Gasteiger charge is 2.18. The molecule has 2 aromatic carbocycles. The van der Waals surface area contributed by atoms with E-state index in [2.05, 4.69) is 74.4 Å². The van der Waals surface area contributed by atoms with Gasteiger partial charge in [0.1, 0.15) is 0 Å². The molecule has 21 heavy (non-hydrogen) atoms. The van der Waals surface area contributed by atoms with Crippen LogP contribution in [0.15, 0.2) is 45.3 Å². The summed E-state index contributed by atoms with van der Waals surface area (Å²) in [6, 6.07) is 12.7. The van der Waals surface area contributed by atoms with Crippen LogP contribution in [0.1, 0.15) is 24.1 Å². The third-order valence-corrected chi connectivity index (χ3v) is 4.59. The Morgan fingerprint density at radius 3 is 2.67 bits per heavy atom. The molecule has 0 unspecified atom stereocenters. The van der Waals surface area contributed by atoms with E-state index in [1.807, 2.05) is 6.07 Å². The lowest BCUT2D eigenvalue weighted by Crippen LogP contribution is -2.18. The molecule has 0 aliphatic carbocycles. The fourth-order valence-electron chi connectivity index (χ4n) is 2.26. The Balaban J connectivity index is 1.67. The van der Waals surface area contributed by atoms with E-state index in [1.54, 1.807) is 0 Å². The molecule has 5 heteroatoms. The highest BCUT2D eigenvalue weighted by Crippen LogP contribution is 2.40. The fourth-order valence-corrected chi connectivity index (χ4v) is 3.13. The van der Waals surface area contributed by atoms with Gasteiger partial charge in [-0.1, -0.05) is 28.1 Å². The number of halogens is 2. The van der Waals surface area contributed by atoms with Gasteiger partial charge < -0.3 is 14.8 Å². The second kappa shape index (κ2) is 6.38. The molecule has 110 valence electrons. The van der Waals surface area contributed by atoms with Crippen LogP contribution in [0.25, 0.3) is 0 Å². The lowest BCUT2D eigenvalue weighted by Gasteiger charge is -2.15. The van der Waals surface area contributed by atoms with E-state index >= 15 is 0 Å². The van der Waals surface area contributed by atoms with Crippen LogP contribution in [-0.4, -0.2) is 6.79 Å². The van der Waals surface area contributed by atoms with Gasteiger partial charge in [0.05, 0.1) is 4.47 Å². The van der Waals surface area contributed by atoms with E-state index in [-0.39, 0.29) is 6.04 Å². The van der Waals surface area contributed by atoms with Gasteiger partial charge in [0.15, 0.2) is 11.5 Å². The van der Waals surface area contributed by atoms with Crippen molar-refractivity contribution in [1.82, 2.24) is 5.32 Å². The summed E-state index contributed by atoms with van der Waals surface area (Å²) in [5.74, 6) is 1.59. The second-order valence-corrected chi connectivity index (χ2v) is 6.74. The van der Waals surface area contributed by atoms with Gasteiger partial charge in [-0.15, -0.1) is 0 Å². The summed E-state index contributed by atoms with van der Waals surface area (Å²) < 4.78 is 12.9. The van der Waals surface area contributed by atoms with Gasteiger partial charge in [0.25, 0.3) is 0 Å². The summed E-state index contributed by atoms with van der Waals surface area (Å²) in [5, 5.41) is 3.52. The van der Waals surface area contributed by atoms with Crippen LogP contribution >= 0.6 is 31.9 Å². The van der Waals surface area contributed by atoms with Crippen molar-refractivity contribution in [3.05, 3.63) is 56.5 Å². The van der Waals surface area contributed by atoms with E-state index in [1.165, 1.54) is 5.56 Å². The Hall–Kier alpha value is -1.04. The molecule has 3 rings (SSSR count). The minimum atomic E-state index is 0.280. The number of hydrogen-bond donors (Lipinski definition) is 1. The fraction of sp³-hybridized carbons (Fsp3) is 0.250. The summed E-state index contributed by atoms with van der Waals surface area (Å²) in [6.07, 6.45) is 0. The Labute approximate surface area is 140 Å². The van der Waals surface area contributed by atoms with Crippen molar-refractivity contribution < 1.29 is 9.47 Å². The molecular weight excluding hydrogens is 398 g/mol. The highest BCUT2D eigenvalue weighted by molar-refractivity contribution is 9.10. The van der Waals surface area contributed by atoms with Gasteiger partial charge in [-0.25, -0.2) is 0 Å². The van der Waals surface area contributed by atoms with Gasteiger partial charge in [-0.05, 0) is 58.2 Å². The molecule has 1 aliphatic rings. The molecule has 3 nitrogen and oxygen atoms in total. The first-order valence-corrected chi connectivity index (χ1v) is 8.29. The quantitative estimate of drug-likeness (QED) is 0.782. The van der Waals surface area contributed by atoms with Gasteiger partial charge in [0, 0.05) is 17.1 Å². The Bertz CT molecular complexity index is 643. The first-order valence-electron chi connectivity index (χ1n) is 6.70. The standard InChI is InChI=1S/C16H15Br2NO2/c1-10(12-2-4-13(17)5-3-12)19-8-11-6-14(18)16-15(7-11)20-9-21-16/h2-7,10,19H,8-9H2,1H3/t10-/m0/s1. The van der Waals surface area contributed by atoms with E-state index in [9.17, 15) is 0 Å². The zero-order valence-corrected chi connectivity index (χ0v) is 14.7. The summed E-state index contributed by atoms with van der Waals surface area (Å²) in [7, 11) is 0. The van der Waals surface area contributed by atoms with Crippen LogP contribution in [-0.2, 0) is 6.54 Å². The van der Waals surface area contributed by atoms with E-state index in [0.29, 0.717) is 6.79 Å². The maximum Gasteiger partial charge on any atom is 0.231 e. The van der Waals surface area contributed by atoms with Crippen LogP contribution < -0.4 is 14.8 Å². The Morgan fingerprint density at radius 1 is 1.14 bits per heavy atom. The molecule has 1 aliphatic heterocycles. The topological polar surface area (TPSA) is 30.5 Å². The van der Waals surface area contributed by atoms with Crippen molar-refractivity contribution in [2.75, 3.05) is 6.79 Å². The summed E-state index contributed by atoms with van der Waals surface area (Å²) in [6.45, 7) is 3.22. The Morgan fingerprint density at radius 2 is 1.90 bits per heavy atom. The molecular formula is C16H15Br2NO2. The number of fused-ring (bicyclic) bond motifs is 1. The molecule has 0 saturated heterocycles. The average Bonchev–Trinajstić information content (AvgIpc) is 2.94. The summed E-state index contributed by atoms with van der Waals surface area (Å²) in [5.41, 5.74) is 2.42. The van der Waals surface area contributed by atoms with Crippen molar-refractivity contribution in [1.29, 1.82) is 0 Å². The van der Waals surface area contributed by atoms with Gasteiger partial charge in [-0.3, -0.25) is 0 Å². The third-order valence-electron chi connectivity index (χ3n) is 3.47. The SMILES string of the molecule is C[C@H](NCc1cc(Br)c2c(c1)OCO2)c1ccc(Br)cc1. The maximum atomic E-state index is 5.44. The van der Waals surface area contributed by atoms with Crippen LogP contribution in [0.5, 0.6) is 11.5 Å². The monoisotopic (exact) mass is 411 g/mol. The van der Waals surface area contributed by atoms with Crippen molar-refractivity contribution >= 4 is 31.9 Å². The minimum absolute atomic E-state index is 0.280. The number of rotatable bonds is 4. The normalized spacial score (nSPS) is 14.2. The third kappa shape index (κ3) is 3.42. The van der Waals surface area contributed by atoms with Crippen LogP contribution in [0.4, 0.5) is 0 Å². The molecule has 1 atom stereocenters. The van der Waals surface area contributed by atoms with Crippen molar-refractivity contribution in [2.24, 2.45) is 0 Å². The van der Waals surface area contributed by atoms with Crippen LogP contribution in [0.2, 0.25) is 0 Å². The second-order valence-electron chi connectivity index (χ2n) is 4.97. The zero-order valence-electron chi connectivity index (χ0n) is 11.5. The lowest BCUT2D eigenvalue weighted by molar-refractivity contribution is 0.173. The minimum Gasteiger partial charge on any atom is -0.454 e. The van der Waals surface area contributed by atoms with Crippen LogP contribution in [0.3, 0.4) is 0 Å². The lowest BCUT2D eigenvalue weighted by atomic mass is 10.1. The van der Waals surface area contributed by atoms with Crippen molar-refractivity contribution in [3.8, 4) is 11.5 Å². The zero-order chi connectivity index (χ0) is 14.8. The Kier molecular flexibility index (Phi) is 4.52. The average molecular weight is 413 g/mol. The predicted octanol–water partition coefficient (Wildman–Crippen LogP) is 4.79. The number of hydrogen-bond acceptors (Lipinski definition) is 3. The summed E-state index contributed by atoms with van der Waals surface area (Å²) >= 11 is 6.98. The molecule has 0 amide bonds. The molecule has 2 aromatic rings. The molecule has 0 saturated carbocycles. The molecule has 0 fully saturated rings. The highest BCUT2D eigenvalue weighted by atomic mass is 79.9. The molecule has 1 N–H and O–H groups in total. The van der Waals surface area contributed by atoms with Gasteiger partial charge in [0.2, 0.25) is 6.79 Å². The largest absolute Gasteiger partial charge is 0.454 e. The van der Waals surface area contributed by atoms with E-state index in [4.69, 9.17) is 9.47 Å². The maximum absolute atomic E-state index is 5.44. The molecule has 1 heterocycles. The number of benzene rings is 2. The number of ether oxygens (including phenoxy) is 2. The van der Waals surface area contributed by atoms with Crippen molar-refractivity contribution in [2.45, 2.75) is 19.5 Å². The molecule has 0 bridgehead atoms. The predicted molar refractivity (Wildman–Crippen MR) is 89.7 cm³/mol. The van der Waals surface area contributed by atoms with Gasteiger partial charge in [-0.2, -0.15) is 0 Å². The van der Waals surface area contributed by atoms with Gasteiger partial charge >= 0.3 is 0 Å². The smallest absolute Gasteiger partial charge is 0.231 e. The van der Waals surface area contributed by atoms with E-state index in [0.717, 1.165) is 32.6 Å². The first kappa shape index (κ1) is 14.9. The number of nitrogens with one attached hydrogen (secondary N) is 1. The summed E-state index contributed by atoms with van der Waals surface area (Å²) in [4.78, 5) is 0. The first-order chi connectivity index (χ1) is 10.1. The van der Waals surface area contributed by atoms with E-state index < -0.39 is 0 Å². The molecule has 0 aromatic heterocycles.